The number of aromatic nitrogens is 8. The molecule has 2 aliphatic rings. The van der Waals surface area contributed by atoms with Gasteiger partial charge in [0.1, 0.15) is 30.5 Å². The fourth-order valence-electron chi connectivity index (χ4n) is 5.09. The summed E-state index contributed by atoms with van der Waals surface area (Å²) in [4.78, 5) is 80.9. The van der Waals surface area contributed by atoms with Crippen LogP contribution < -0.4 is 37.3 Å². The first-order chi connectivity index (χ1) is 23.8. The van der Waals surface area contributed by atoms with Crippen LogP contribution in [0.25, 0.3) is 22.3 Å². The molecule has 6 rings (SSSR count). The Morgan fingerprint density at radius 1 is 0.784 bits per heavy atom. The van der Waals surface area contributed by atoms with Gasteiger partial charge in [-0.25, -0.2) is 14.3 Å². The second-order valence-corrected chi connectivity index (χ2v) is 17.7. The minimum absolute atomic E-state index is 0.148. The Hall–Kier alpha value is -3.14. The zero-order valence-electron chi connectivity index (χ0n) is 24.9. The molecule has 5 unspecified atom stereocenters. The van der Waals surface area contributed by atoms with Crippen LogP contribution in [0.2, 0.25) is 0 Å². The van der Waals surface area contributed by atoms with Gasteiger partial charge >= 0.3 is 0 Å². The number of phosphoric acid groups is 2. The predicted molar refractivity (Wildman–Crippen MR) is 160 cm³/mol. The van der Waals surface area contributed by atoms with Gasteiger partial charge in [-0.3, -0.25) is 46.7 Å². The standard InChI is InChI=1S/C20H27N10O17P3S/c21-19-25-13-7(15(35)27-19)23-3-29(13)17-11(33)9(31)5(44-17)1-43-48(37,38)46-49(39,40)47-50(41,42)51-2-6-10(32)12(34)18(45-6)30-4-24-8-14(30)26-20(22)28-16(8)36/h3-6,9-12,17-18,31-34H,1-2H2,(H,37,38)(H,39,40)(H,41,42)(H3,21,25,27,35)(H3,22,26,28,36)/p-3/t5-,6-,9?,10?,11+,12+,17-,18-/m1/s1. The SMILES string of the molecule is Nc1nc2c(ncn2[C@@H]2O[C@H](COP(=O)([O-])OP(=O)([O-])OP(=O)([O-])SC[C@H]3O[C@@H](n4cnc5c(=O)[nH]c(N)nc54)[C@@H](O)C3O)C(O)[C@@H]2O)c(=O)[nH]1. The maximum atomic E-state index is 12.5. The number of anilines is 2. The summed E-state index contributed by atoms with van der Waals surface area (Å²) in [6, 6.07) is 0. The molecule has 0 saturated carbocycles. The van der Waals surface area contributed by atoms with Crippen molar-refractivity contribution in [3.05, 3.63) is 33.4 Å². The molecule has 11 atom stereocenters. The monoisotopic (exact) mass is 801 g/mol. The molecule has 0 spiro atoms. The van der Waals surface area contributed by atoms with E-state index in [1.807, 2.05) is 0 Å². The molecule has 0 radical (unpaired) electrons. The molecule has 2 aliphatic heterocycles. The van der Waals surface area contributed by atoms with Crippen molar-refractivity contribution in [1.29, 1.82) is 0 Å². The highest BCUT2D eigenvalue weighted by molar-refractivity contribution is 8.54. The van der Waals surface area contributed by atoms with Gasteiger partial charge in [0, 0.05) is 5.75 Å². The number of nitrogens with one attached hydrogen (secondary N) is 2. The number of rotatable bonds is 12. The van der Waals surface area contributed by atoms with Crippen LogP contribution >= 0.6 is 33.8 Å². The summed E-state index contributed by atoms with van der Waals surface area (Å²) in [6.07, 6.45) is -11.3. The number of nitrogens with two attached hydrogens (primary N) is 2. The van der Waals surface area contributed by atoms with Crippen LogP contribution in [0.15, 0.2) is 22.2 Å². The van der Waals surface area contributed by atoms with Gasteiger partial charge in [-0.2, -0.15) is 9.97 Å². The first kappa shape index (κ1) is 37.6. The summed E-state index contributed by atoms with van der Waals surface area (Å²) in [6.45, 7) is -6.79. The minimum Gasteiger partial charge on any atom is -0.770 e. The summed E-state index contributed by atoms with van der Waals surface area (Å²) in [5.41, 5.74) is 8.87. The van der Waals surface area contributed by atoms with Crippen molar-refractivity contribution >= 4 is 68.0 Å². The number of ether oxygens (including phenoxy) is 2. The van der Waals surface area contributed by atoms with Crippen LogP contribution in [0.3, 0.4) is 0 Å². The second kappa shape index (κ2) is 13.7. The van der Waals surface area contributed by atoms with Crippen molar-refractivity contribution in [2.45, 2.75) is 49.1 Å². The van der Waals surface area contributed by atoms with E-state index >= 15 is 0 Å². The highest BCUT2D eigenvalue weighted by Gasteiger charge is 2.46. The smallest absolute Gasteiger partial charge is 0.280 e. The quantitative estimate of drug-likeness (QED) is 0.0621. The van der Waals surface area contributed by atoms with Gasteiger partial charge in [0.15, 0.2) is 41.6 Å². The average Bonchev–Trinajstić information content (AvgIpc) is 3.76. The molecule has 0 aromatic carbocycles. The fraction of sp³-hybridized carbons (Fsp3) is 0.500. The summed E-state index contributed by atoms with van der Waals surface area (Å²) in [5.74, 6) is -1.42. The lowest BCUT2D eigenvalue weighted by molar-refractivity contribution is -0.245. The number of nitrogens with zero attached hydrogens (tertiary/aromatic N) is 6. The first-order valence-corrected chi connectivity index (χ1v) is 19.9. The number of hydrogen-bond donors (Lipinski definition) is 8. The lowest BCUT2D eigenvalue weighted by Crippen LogP contribution is -2.34. The van der Waals surface area contributed by atoms with Gasteiger partial charge in [0.25, 0.3) is 26.8 Å². The van der Waals surface area contributed by atoms with Crippen molar-refractivity contribution < 1.29 is 71.4 Å². The lowest BCUT2D eigenvalue weighted by atomic mass is 10.1. The molecular formula is C20H24N10O17P3S-3. The Bertz CT molecular complexity index is 2080. The van der Waals surface area contributed by atoms with Gasteiger partial charge in [0.2, 0.25) is 11.9 Å². The normalized spacial score (nSPS) is 30.4. The molecule has 280 valence electrons. The van der Waals surface area contributed by atoms with Crippen LogP contribution in [-0.2, 0) is 36.3 Å². The maximum Gasteiger partial charge on any atom is 0.280 e. The summed E-state index contributed by atoms with van der Waals surface area (Å²) in [7, 11) is -12.3. The maximum absolute atomic E-state index is 12.5. The van der Waals surface area contributed by atoms with Crippen LogP contribution in [0.5, 0.6) is 0 Å². The Morgan fingerprint density at radius 3 is 1.76 bits per heavy atom. The summed E-state index contributed by atoms with van der Waals surface area (Å²) in [5, 5.41) is 41.8. The molecule has 51 heavy (non-hydrogen) atoms. The van der Waals surface area contributed by atoms with Gasteiger partial charge < -0.3 is 60.6 Å². The number of aromatic amines is 2. The molecule has 2 fully saturated rings. The summed E-state index contributed by atoms with van der Waals surface area (Å²) < 4.78 is 62.2. The number of aliphatic hydroxyl groups is 4. The van der Waals surface area contributed by atoms with E-state index in [2.05, 4.69) is 43.0 Å². The van der Waals surface area contributed by atoms with Crippen molar-refractivity contribution in [2.24, 2.45) is 0 Å². The Labute approximate surface area is 284 Å². The number of H-pyrrole nitrogens is 2. The first-order valence-electron chi connectivity index (χ1n) is 13.9. The van der Waals surface area contributed by atoms with E-state index in [9.17, 15) is 58.4 Å². The molecule has 6 heterocycles. The van der Waals surface area contributed by atoms with Crippen molar-refractivity contribution in [3.8, 4) is 0 Å². The zero-order valence-corrected chi connectivity index (χ0v) is 28.4. The molecule has 27 nitrogen and oxygen atoms in total. The van der Waals surface area contributed by atoms with E-state index in [-0.39, 0.29) is 45.6 Å². The molecule has 4 aromatic heterocycles. The zero-order chi connectivity index (χ0) is 37.2. The predicted octanol–water partition coefficient (Wildman–Crippen LogP) is -5.16. The van der Waals surface area contributed by atoms with E-state index in [1.165, 1.54) is 0 Å². The van der Waals surface area contributed by atoms with Crippen LogP contribution in [0.1, 0.15) is 12.5 Å². The molecule has 31 heteroatoms. The number of imidazole rings is 2. The number of nitrogen functional groups attached to an aromatic ring is 2. The summed E-state index contributed by atoms with van der Waals surface area (Å²) >= 11 is -0.263. The molecule has 0 aliphatic carbocycles. The average molecular weight is 801 g/mol. The highest BCUT2D eigenvalue weighted by atomic mass is 32.7. The molecule has 4 aromatic rings. The topological polar surface area (TPSA) is 427 Å². The lowest BCUT2D eigenvalue weighted by Gasteiger charge is -2.35. The Kier molecular flexibility index (Phi) is 10.1. The van der Waals surface area contributed by atoms with E-state index < -0.39 is 95.0 Å². The van der Waals surface area contributed by atoms with Gasteiger partial charge in [-0.05, 0) is 0 Å². The van der Waals surface area contributed by atoms with Crippen molar-refractivity contribution in [1.82, 2.24) is 39.0 Å². The Morgan fingerprint density at radius 2 is 1.25 bits per heavy atom. The molecular weight excluding hydrogens is 777 g/mol. The second-order valence-electron chi connectivity index (χ2n) is 10.7. The van der Waals surface area contributed by atoms with Crippen molar-refractivity contribution in [3.63, 3.8) is 0 Å². The largest absolute Gasteiger partial charge is 0.770 e. The number of fused-ring (bicyclic) bond motifs is 2. The molecule has 0 bridgehead atoms. The van der Waals surface area contributed by atoms with E-state index in [0.717, 1.165) is 21.8 Å². The van der Waals surface area contributed by atoms with E-state index in [4.69, 9.17) is 20.9 Å². The van der Waals surface area contributed by atoms with Gasteiger partial charge in [-0.1, -0.05) is 11.4 Å². The number of aliphatic hydroxyl groups excluding tert-OH is 4. The highest BCUT2D eigenvalue weighted by Crippen LogP contribution is 2.67. The third-order valence-electron chi connectivity index (χ3n) is 7.32. The van der Waals surface area contributed by atoms with Gasteiger partial charge in [-0.15, -0.1) is 0 Å². The minimum atomic E-state index is -6.27. The number of phosphoric ester groups is 1. The van der Waals surface area contributed by atoms with Crippen LogP contribution in [0.4, 0.5) is 11.9 Å². The van der Waals surface area contributed by atoms with Gasteiger partial charge in [0.05, 0.1) is 25.4 Å². The Balaban J connectivity index is 1.04. The molecule has 0 amide bonds. The molecule has 2 saturated heterocycles. The van der Waals surface area contributed by atoms with E-state index in [1.54, 1.807) is 0 Å². The molecule has 10 N–H and O–H groups in total. The third kappa shape index (κ3) is 7.67. The fourth-order valence-corrected chi connectivity index (χ4v) is 10.9. The van der Waals surface area contributed by atoms with Crippen LogP contribution in [-0.4, -0.2) is 108 Å². The number of hydrogen-bond acceptors (Lipinski definition) is 24. The third-order valence-corrected chi connectivity index (χ3v) is 13.8. The van der Waals surface area contributed by atoms with E-state index in [0.29, 0.717) is 0 Å². The van der Waals surface area contributed by atoms with Crippen LogP contribution in [0, 0.1) is 0 Å². The van der Waals surface area contributed by atoms with Crippen molar-refractivity contribution in [2.75, 3.05) is 23.8 Å².